The molecule has 0 spiro atoms. The highest BCUT2D eigenvalue weighted by Crippen LogP contribution is 2.41. The Kier molecular flexibility index (Phi) is 7.05. The van der Waals surface area contributed by atoms with Gasteiger partial charge in [-0.05, 0) is 44.0 Å². The predicted octanol–water partition coefficient (Wildman–Crippen LogP) is 4.37. The molecule has 0 bridgehead atoms. The van der Waals surface area contributed by atoms with Crippen LogP contribution in [-0.2, 0) is 4.79 Å². The zero-order valence-electron chi connectivity index (χ0n) is 20.3. The molecular formula is C25H32N2O6. The molecular weight excluding hydrogens is 424 g/mol. The van der Waals surface area contributed by atoms with Crippen LogP contribution in [0.15, 0.2) is 30.3 Å². The number of fused-ring (bicyclic) bond motifs is 1. The first-order valence-corrected chi connectivity index (χ1v) is 10.8. The second kappa shape index (κ2) is 9.60. The normalized spacial score (nSPS) is 14.8. The monoisotopic (exact) mass is 456 g/mol. The molecule has 1 aliphatic heterocycles. The van der Waals surface area contributed by atoms with Crippen LogP contribution in [0, 0.1) is 11.3 Å². The van der Waals surface area contributed by atoms with E-state index >= 15 is 0 Å². The number of nitrogens with zero attached hydrogens (tertiary/aromatic N) is 1. The van der Waals surface area contributed by atoms with Gasteiger partial charge >= 0.3 is 0 Å². The second-order valence-electron chi connectivity index (χ2n) is 9.00. The predicted molar refractivity (Wildman–Crippen MR) is 127 cm³/mol. The van der Waals surface area contributed by atoms with Crippen molar-refractivity contribution in [2.24, 2.45) is 11.3 Å². The SMILES string of the molecule is COc1ccc(C(=O)Nc2ccc3c(c2)OCC(C)(C)C(=O)N3CC(C)C)c(OC)c1OC. The van der Waals surface area contributed by atoms with Crippen LogP contribution >= 0.6 is 0 Å². The highest BCUT2D eigenvalue weighted by molar-refractivity contribution is 6.07. The summed E-state index contributed by atoms with van der Waals surface area (Å²) in [7, 11) is 4.46. The number of carbonyl (C=O) groups is 2. The number of amides is 2. The van der Waals surface area contributed by atoms with E-state index in [2.05, 4.69) is 19.2 Å². The summed E-state index contributed by atoms with van der Waals surface area (Å²) in [5.74, 6) is 1.54. The number of hydrogen-bond donors (Lipinski definition) is 1. The van der Waals surface area contributed by atoms with Crippen molar-refractivity contribution in [3.8, 4) is 23.0 Å². The minimum Gasteiger partial charge on any atom is -0.493 e. The van der Waals surface area contributed by atoms with Gasteiger partial charge in [0.15, 0.2) is 11.5 Å². The van der Waals surface area contributed by atoms with Gasteiger partial charge in [0.25, 0.3) is 5.91 Å². The molecule has 0 radical (unpaired) electrons. The fourth-order valence-corrected chi connectivity index (χ4v) is 3.75. The van der Waals surface area contributed by atoms with Gasteiger partial charge in [-0.3, -0.25) is 9.59 Å². The molecule has 0 saturated carbocycles. The fraction of sp³-hybridized carbons (Fsp3) is 0.440. The maximum Gasteiger partial charge on any atom is 0.259 e. The lowest BCUT2D eigenvalue weighted by atomic mass is 9.92. The molecule has 0 aromatic heterocycles. The Morgan fingerprint density at radius 2 is 1.79 bits per heavy atom. The largest absolute Gasteiger partial charge is 0.493 e. The van der Waals surface area contributed by atoms with Crippen LogP contribution in [0.5, 0.6) is 23.0 Å². The average Bonchev–Trinajstić information content (AvgIpc) is 2.87. The molecule has 178 valence electrons. The summed E-state index contributed by atoms with van der Waals surface area (Å²) in [5, 5.41) is 2.88. The highest BCUT2D eigenvalue weighted by Gasteiger charge is 2.38. The summed E-state index contributed by atoms with van der Waals surface area (Å²) in [6, 6.07) is 8.56. The van der Waals surface area contributed by atoms with Gasteiger partial charge in [-0.15, -0.1) is 0 Å². The summed E-state index contributed by atoms with van der Waals surface area (Å²) in [6.07, 6.45) is 0. The Bertz CT molecular complexity index is 1050. The molecule has 2 aromatic carbocycles. The smallest absolute Gasteiger partial charge is 0.259 e. The van der Waals surface area contributed by atoms with Gasteiger partial charge in [0.2, 0.25) is 11.7 Å². The summed E-state index contributed by atoms with van der Waals surface area (Å²) in [4.78, 5) is 28.0. The van der Waals surface area contributed by atoms with Gasteiger partial charge in [-0.1, -0.05) is 13.8 Å². The molecule has 0 unspecified atom stereocenters. The van der Waals surface area contributed by atoms with Gasteiger partial charge < -0.3 is 29.2 Å². The van der Waals surface area contributed by atoms with Crippen LogP contribution in [-0.4, -0.2) is 46.3 Å². The topological polar surface area (TPSA) is 86.3 Å². The Hall–Kier alpha value is -3.42. The van der Waals surface area contributed by atoms with E-state index in [1.807, 2.05) is 13.8 Å². The van der Waals surface area contributed by atoms with Gasteiger partial charge in [0, 0.05) is 18.3 Å². The number of hydrogen-bond acceptors (Lipinski definition) is 6. The van der Waals surface area contributed by atoms with Crippen LogP contribution in [0.3, 0.4) is 0 Å². The van der Waals surface area contributed by atoms with Crippen LogP contribution < -0.4 is 29.2 Å². The molecule has 0 atom stereocenters. The number of benzene rings is 2. The number of methoxy groups -OCH3 is 3. The number of ether oxygens (including phenoxy) is 4. The standard InChI is InChI=1S/C25H32N2O6/c1-15(2)13-27-18-10-8-16(12-20(18)33-14-25(3,4)24(27)29)26-23(28)17-9-11-19(30-5)22(32-7)21(17)31-6/h8-12,15H,13-14H2,1-7H3,(H,26,28). The Morgan fingerprint density at radius 3 is 2.39 bits per heavy atom. The first-order chi connectivity index (χ1) is 15.6. The third-order valence-corrected chi connectivity index (χ3v) is 5.42. The molecule has 0 saturated heterocycles. The van der Waals surface area contributed by atoms with E-state index < -0.39 is 5.41 Å². The number of anilines is 2. The maximum atomic E-state index is 13.1. The minimum absolute atomic E-state index is 0.0156. The van der Waals surface area contributed by atoms with Crippen molar-refractivity contribution in [1.82, 2.24) is 0 Å². The van der Waals surface area contributed by atoms with E-state index in [1.54, 1.807) is 35.2 Å². The first kappa shape index (κ1) is 24.2. The van der Waals surface area contributed by atoms with Crippen LogP contribution in [0.2, 0.25) is 0 Å². The van der Waals surface area contributed by atoms with E-state index in [0.29, 0.717) is 40.7 Å². The first-order valence-electron chi connectivity index (χ1n) is 10.8. The molecule has 0 fully saturated rings. The molecule has 0 aliphatic carbocycles. The van der Waals surface area contributed by atoms with Crippen LogP contribution in [0.1, 0.15) is 38.1 Å². The van der Waals surface area contributed by atoms with Crippen molar-refractivity contribution in [3.05, 3.63) is 35.9 Å². The Balaban J connectivity index is 1.94. The van der Waals surface area contributed by atoms with Gasteiger partial charge in [-0.2, -0.15) is 0 Å². The second-order valence-corrected chi connectivity index (χ2v) is 9.00. The Morgan fingerprint density at radius 1 is 1.09 bits per heavy atom. The lowest BCUT2D eigenvalue weighted by Crippen LogP contribution is -2.43. The molecule has 8 heteroatoms. The van der Waals surface area contributed by atoms with Crippen molar-refractivity contribution in [3.63, 3.8) is 0 Å². The van der Waals surface area contributed by atoms with E-state index in [1.165, 1.54) is 21.3 Å². The quantitative estimate of drug-likeness (QED) is 0.666. The molecule has 2 aromatic rings. The van der Waals surface area contributed by atoms with Crippen LogP contribution in [0.4, 0.5) is 11.4 Å². The van der Waals surface area contributed by atoms with E-state index in [4.69, 9.17) is 18.9 Å². The number of rotatable bonds is 7. The van der Waals surface area contributed by atoms with Gasteiger partial charge in [0.1, 0.15) is 12.4 Å². The van der Waals surface area contributed by atoms with Gasteiger partial charge in [0.05, 0.1) is 38.0 Å². The van der Waals surface area contributed by atoms with Crippen molar-refractivity contribution in [2.45, 2.75) is 27.7 Å². The molecule has 33 heavy (non-hydrogen) atoms. The summed E-state index contributed by atoms with van der Waals surface area (Å²) in [6.45, 7) is 8.70. The molecule has 1 aliphatic rings. The lowest BCUT2D eigenvalue weighted by Gasteiger charge is -2.29. The van der Waals surface area contributed by atoms with E-state index in [9.17, 15) is 9.59 Å². The van der Waals surface area contributed by atoms with E-state index in [0.717, 1.165) is 0 Å². The van der Waals surface area contributed by atoms with Crippen LogP contribution in [0.25, 0.3) is 0 Å². The van der Waals surface area contributed by atoms with Crippen molar-refractivity contribution >= 4 is 23.2 Å². The maximum absolute atomic E-state index is 13.1. The zero-order chi connectivity index (χ0) is 24.3. The zero-order valence-corrected chi connectivity index (χ0v) is 20.3. The summed E-state index contributed by atoms with van der Waals surface area (Å²) < 4.78 is 22.1. The molecule has 3 rings (SSSR count). The minimum atomic E-state index is -0.662. The van der Waals surface area contributed by atoms with Gasteiger partial charge in [-0.25, -0.2) is 0 Å². The average molecular weight is 457 g/mol. The molecule has 2 amide bonds. The number of nitrogens with one attached hydrogen (secondary N) is 1. The highest BCUT2D eigenvalue weighted by atomic mass is 16.5. The molecule has 8 nitrogen and oxygen atoms in total. The molecule has 1 N–H and O–H groups in total. The third-order valence-electron chi connectivity index (χ3n) is 5.42. The molecule has 1 heterocycles. The van der Waals surface area contributed by atoms with Crippen molar-refractivity contribution in [1.29, 1.82) is 0 Å². The third kappa shape index (κ3) is 4.84. The van der Waals surface area contributed by atoms with Crippen molar-refractivity contribution in [2.75, 3.05) is 44.7 Å². The number of carbonyl (C=O) groups excluding carboxylic acids is 2. The summed E-state index contributed by atoms with van der Waals surface area (Å²) in [5.41, 5.74) is 0.863. The van der Waals surface area contributed by atoms with Crippen molar-refractivity contribution < 1.29 is 28.5 Å². The summed E-state index contributed by atoms with van der Waals surface area (Å²) >= 11 is 0. The Labute approximate surface area is 194 Å². The fourth-order valence-electron chi connectivity index (χ4n) is 3.75. The van der Waals surface area contributed by atoms with E-state index in [-0.39, 0.29) is 30.1 Å². The lowest BCUT2D eigenvalue weighted by molar-refractivity contribution is -0.127.